The highest BCUT2D eigenvalue weighted by Gasteiger charge is 2.46. The van der Waals surface area contributed by atoms with Crippen molar-refractivity contribution in [2.45, 2.75) is 24.5 Å². The molecule has 0 spiro atoms. The summed E-state index contributed by atoms with van der Waals surface area (Å²) < 4.78 is 7.47. The van der Waals surface area contributed by atoms with E-state index in [0.717, 1.165) is 0 Å². The summed E-state index contributed by atoms with van der Waals surface area (Å²) in [6, 6.07) is -0.337. The van der Waals surface area contributed by atoms with E-state index >= 15 is 0 Å². The molecule has 0 bridgehead atoms. The summed E-state index contributed by atoms with van der Waals surface area (Å²) in [5.74, 6) is 0.289. The first-order chi connectivity index (χ1) is 10.0. The number of aromatic nitrogens is 4. The van der Waals surface area contributed by atoms with Crippen molar-refractivity contribution in [2.24, 2.45) is 0 Å². The molecule has 0 aromatic carbocycles. The Kier molecular flexibility index (Phi) is 3.49. The Morgan fingerprint density at radius 1 is 1.38 bits per heavy atom. The van der Waals surface area contributed by atoms with Crippen molar-refractivity contribution < 1.29 is 14.9 Å². The summed E-state index contributed by atoms with van der Waals surface area (Å²) in [7, 11) is 3.68. The van der Waals surface area contributed by atoms with E-state index in [9.17, 15) is 10.2 Å². The maximum absolute atomic E-state index is 10.3. The third kappa shape index (κ3) is 2.14. The molecular weight excluding hydrogens is 276 g/mol. The zero-order valence-electron chi connectivity index (χ0n) is 11.8. The van der Waals surface area contributed by atoms with Gasteiger partial charge >= 0.3 is 0 Å². The van der Waals surface area contributed by atoms with Crippen LogP contribution in [0, 0.1) is 0 Å². The first-order valence-electron chi connectivity index (χ1n) is 6.58. The molecule has 2 aromatic heterocycles. The predicted octanol–water partition coefficient (Wildman–Crippen LogP) is -1.41. The molecule has 1 aliphatic heterocycles. The Balaban J connectivity index is 2.06. The molecule has 21 heavy (non-hydrogen) atoms. The molecule has 4 N–H and O–H groups in total. The minimum absolute atomic E-state index is 0.258. The quantitative estimate of drug-likeness (QED) is 0.631. The van der Waals surface area contributed by atoms with Gasteiger partial charge in [-0.15, -0.1) is 0 Å². The number of likely N-dealkylation sites (N-methyl/N-ethyl adjacent to an activating group) is 1. The molecule has 9 heteroatoms. The number of hydrogen-bond donors (Lipinski definition) is 3. The number of imidazole rings is 1. The van der Waals surface area contributed by atoms with Crippen LogP contribution in [0.25, 0.3) is 11.2 Å². The summed E-state index contributed by atoms with van der Waals surface area (Å²) >= 11 is 0. The van der Waals surface area contributed by atoms with Crippen LogP contribution in [0.2, 0.25) is 0 Å². The molecule has 0 radical (unpaired) electrons. The minimum atomic E-state index is -0.813. The number of hydrogen-bond acceptors (Lipinski definition) is 8. The zero-order chi connectivity index (χ0) is 15.1. The van der Waals surface area contributed by atoms with Gasteiger partial charge in [-0.05, 0) is 14.1 Å². The molecule has 0 aliphatic carbocycles. The molecule has 1 saturated heterocycles. The Hall–Kier alpha value is -1.81. The Bertz CT molecular complexity index is 645. The highest BCUT2D eigenvalue weighted by molar-refractivity contribution is 5.81. The lowest BCUT2D eigenvalue weighted by Gasteiger charge is -2.27. The van der Waals surface area contributed by atoms with Crippen LogP contribution >= 0.6 is 0 Å². The SMILES string of the molecule is CN(C)C1[C@H](n2cnc3c(N)ncnc32)O[C@H](CO)[C@H]1O. The third-order valence-electron chi connectivity index (χ3n) is 3.77. The van der Waals surface area contributed by atoms with E-state index in [2.05, 4.69) is 15.0 Å². The monoisotopic (exact) mass is 294 g/mol. The van der Waals surface area contributed by atoms with Crippen molar-refractivity contribution in [1.82, 2.24) is 24.4 Å². The molecule has 0 amide bonds. The standard InChI is InChI=1S/C12H18N6O3/c1-17(2)8-9(20)6(3-19)21-12(8)18-5-16-7-10(13)14-4-15-11(7)18/h4-6,8-9,12,19-20H,3H2,1-2H3,(H2,13,14,15)/t6-,8?,9-,12-/m1/s1. The lowest BCUT2D eigenvalue weighted by molar-refractivity contribution is -0.0458. The fourth-order valence-corrected chi connectivity index (χ4v) is 2.73. The zero-order valence-corrected chi connectivity index (χ0v) is 11.8. The van der Waals surface area contributed by atoms with Gasteiger partial charge in [-0.1, -0.05) is 0 Å². The summed E-state index contributed by atoms with van der Waals surface area (Å²) in [5, 5.41) is 19.6. The van der Waals surface area contributed by atoms with Gasteiger partial charge < -0.3 is 20.7 Å². The second-order valence-corrected chi connectivity index (χ2v) is 5.28. The average molecular weight is 294 g/mol. The van der Waals surface area contributed by atoms with Crippen LogP contribution in [0.1, 0.15) is 6.23 Å². The third-order valence-corrected chi connectivity index (χ3v) is 3.77. The van der Waals surface area contributed by atoms with Gasteiger partial charge in [0, 0.05) is 0 Å². The van der Waals surface area contributed by atoms with E-state index in [-0.39, 0.29) is 18.5 Å². The fourth-order valence-electron chi connectivity index (χ4n) is 2.73. The van der Waals surface area contributed by atoms with Gasteiger partial charge in [0.25, 0.3) is 0 Å². The molecule has 1 aliphatic rings. The molecule has 3 heterocycles. The molecule has 114 valence electrons. The Morgan fingerprint density at radius 2 is 2.14 bits per heavy atom. The molecule has 0 saturated carbocycles. The van der Waals surface area contributed by atoms with Gasteiger partial charge in [0.15, 0.2) is 17.7 Å². The summed E-state index contributed by atoms with van der Waals surface area (Å²) in [6.45, 7) is -0.258. The van der Waals surface area contributed by atoms with Crippen LogP contribution in [0.15, 0.2) is 12.7 Å². The second-order valence-electron chi connectivity index (χ2n) is 5.28. The Labute approximate surface area is 121 Å². The smallest absolute Gasteiger partial charge is 0.167 e. The van der Waals surface area contributed by atoms with E-state index < -0.39 is 18.4 Å². The van der Waals surface area contributed by atoms with Gasteiger partial charge in [-0.25, -0.2) is 15.0 Å². The van der Waals surface area contributed by atoms with Crippen molar-refractivity contribution in [3.63, 3.8) is 0 Å². The Morgan fingerprint density at radius 3 is 2.81 bits per heavy atom. The summed E-state index contributed by atoms with van der Waals surface area (Å²) in [6.07, 6.45) is 0.927. The molecule has 3 rings (SSSR count). The van der Waals surface area contributed by atoms with Crippen LogP contribution in [-0.2, 0) is 4.74 Å². The lowest BCUT2D eigenvalue weighted by Crippen LogP contribution is -2.43. The van der Waals surface area contributed by atoms with E-state index in [1.807, 2.05) is 19.0 Å². The van der Waals surface area contributed by atoms with Gasteiger partial charge in [0.1, 0.15) is 24.1 Å². The van der Waals surface area contributed by atoms with Gasteiger partial charge in [-0.2, -0.15) is 0 Å². The average Bonchev–Trinajstić information content (AvgIpc) is 3.00. The fraction of sp³-hybridized carbons (Fsp3) is 0.583. The molecule has 4 atom stereocenters. The van der Waals surface area contributed by atoms with Crippen molar-refractivity contribution in [2.75, 3.05) is 26.4 Å². The number of aliphatic hydroxyl groups is 2. The van der Waals surface area contributed by atoms with Crippen molar-refractivity contribution >= 4 is 17.0 Å². The van der Waals surface area contributed by atoms with E-state index in [0.29, 0.717) is 11.2 Å². The highest BCUT2D eigenvalue weighted by Crippen LogP contribution is 2.33. The number of rotatable bonds is 3. The van der Waals surface area contributed by atoms with E-state index in [1.54, 1.807) is 10.9 Å². The normalized spacial score (nSPS) is 29.6. The molecule has 1 unspecified atom stereocenters. The first-order valence-corrected chi connectivity index (χ1v) is 6.58. The number of ether oxygens (including phenoxy) is 1. The number of nitrogen functional groups attached to an aromatic ring is 1. The van der Waals surface area contributed by atoms with Crippen molar-refractivity contribution in [3.05, 3.63) is 12.7 Å². The van der Waals surface area contributed by atoms with Gasteiger partial charge in [0.05, 0.1) is 19.0 Å². The maximum atomic E-state index is 10.3. The van der Waals surface area contributed by atoms with Crippen molar-refractivity contribution in [3.8, 4) is 0 Å². The number of nitrogens with zero attached hydrogens (tertiary/aromatic N) is 5. The number of nitrogens with two attached hydrogens (primary N) is 1. The number of anilines is 1. The summed E-state index contributed by atoms with van der Waals surface area (Å²) in [5.41, 5.74) is 6.80. The van der Waals surface area contributed by atoms with Crippen LogP contribution in [0.5, 0.6) is 0 Å². The predicted molar refractivity (Wildman–Crippen MR) is 74.2 cm³/mol. The van der Waals surface area contributed by atoms with E-state index in [4.69, 9.17) is 10.5 Å². The van der Waals surface area contributed by atoms with Gasteiger partial charge in [0.2, 0.25) is 0 Å². The topological polar surface area (TPSA) is 123 Å². The van der Waals surface area contributed by atoms with E-state index in [1.165, 1.54) is 6.33 Å². The molecular formula is C12H18N6O3. The molecule has 1 fully saturated rings. The lowest BCUT2D eigenvalue weighted by atomic mass is 10.1. The number of aliphatic hydroxyl groups excluding tert-OH is 2. The molecule has 2 aromatic rings. The molecule has 9 nitrogen and oxygen atoms in total. The first kappa shape index (κ1) is 14.1. The second kappa shape index (κ2) is 5.19. The maximum Gasteiger partial charge on any atom is 0.167 e. The van der Waals surface area contributed by atoms with Crippen LogP contribution < -0.4 is 5.73 Å². The van der Waals surface area contributed by atoms with Crippen LogP contribution in [-0.4, -0.2) is 73.6 Å². The minimum Gasteiger partial charge on any atom is -0.394 e. The largest absolute Gasteiger partial charge is 0.394 e. The summed E-state index contributed by atoms with van der Waals surface area (Å²) in [4.78, 5) is 14.1. The number of fused-ring (bicyclic) bond motifs is 1. The van der Waals surface area contributed by atoms with Gasteiger partial charge in [-0.3, -0.25) is 9.47 Å². The van der Waals surface area contributed by atoms with Crippen LogP contribution in [0.3, 0.4) is 0 Å². The van der Waals surface area contributed by atoms with Crippen molar-refractivity contribution in [1.29, 1.82) is 0 Å². The highest BCUT2D eigenvalue weighted by atomic mass is 16.5. The van der Waals surface area contributed by atoms with Crippen LogP contribution in [0.4, 0.5) is 5.82 Å².